The van der Waals surface area contributed by atoms with E-state index in [0.29, 0.717) is 39.5 Å². The largest absolute Gasteiger partial charge is 0.494 e. The molecule has 2 amide bonds. The summed E-state index contributed by atoms with van der Waals surface area (Å²) in [5.41, 5.74) is 0.756. The van der Waals surface area contributed by atoms with Gasteiger partial charge in [-0.2, -0.15) is 0 Å². The Bertz CT molecular complexity index is 555. The second-order valence-electron chi connectivity index (χ2n) is 6.25. The number of benzene rings is 1. The van der Waals surface area contributed by atoms with Gasteiger partial charge in [-0.05, 0) is 19.1 Å². The predicted octanol–water partition coefficient (Wildman–Crippen LogP) is 1.65. The van der Waals surface area contributed by atoms with E-state index in [1.807, 2.05) is 36.1 Å². The van der Waals surface area contributed by atoms with Crippen molar-refractivity contribution >= 4 is 11.7 Å². The average Bonchev–Trinajstić information content (AvgIpc) is 2.64. The Kier molecular flexibility index (Phi) is 6.49. The van der Waals surface area contributed by atoms with Crippen LogP contribution >= 0.6 is 0 Å². The van der Waals surface area contributed by atoms with Gasteiger partial charge in [0, 0.05) is 44.5 Å². The number of anilines is 1. The number of rotatable bonds is 5. The number of nitrogens with zero attached hydrogens (tertiary/aromatic N) is 2. The first-order chi connectivity index (χ1) is 12.2. The molecule has 0 aliphatic carbocycles. The molecule has 7 heteroatoms. The van der Waals surface area contributed by atoms with E-state index in [1.165, 1.54) is 0 Å². The lowest BCUT2D eigenvalue weighted by molar-refractivity contribution is -0.0992. The third-order valence-corrected chi connectivity index (χ3v) is 4.40. The van der Waals surface area contributed by atoms with Crippen LogP contribution in [0.15, 0.2) is 24.3 Å². The lowest BCUT2D eigenvalue weighted by atomic mass is 10.2. The maximum Gasteiger partial charge on any atom is 0.321 e. The number of hydrogen-bond acceptors (Lipinski definition) is 5. The molecule has 0 saturated carbocycles. The van der Waals surface area contributed by atoms with E-state index < -0.39 is 0 Å². The molecule has 1 aromatic rings. The van der Waals surface area contributed by atoms with Gasteiger partial charge in [-0.15, -0.1) is 0 Å². The zero-order chi connectivity index (χ0) is 17.5. The number of carbonyl (C=O) groups excluding carboxylic acids is 1. The Morgan fingerprint density at radius 2 is 2.12 bits per heavy atom. The molecule has 7 nitrogen and oxygen atoms in total. The van der Waals surface area contributed by atoms with Gasteiger partial charge in [0.2, 0.25) is 0 Å². The fourth-order valence-corrected chi connectivity index (χ4v) is 3.10. The van der Waals surface area contributed by atoms with Gasteiger partial charge in [-0.25, -0.2) is 4.79 Å². The topological polar surface area (TPSA) is 63.3 Å². The van der Waals surface area contributed by atoms with Crippen LogP contribution in [0.1, 0.15) is 6.92 Å². The van der Waals surface area contributed by atoms with Crippen molar-refractivity contribution in [2.45, 2.75) is 13.0 Å². The average molecular weight is 349 g/mol. The normalized spacial score (nSPS) is 21.8. The Labute approximate surface area is 148 Å². The van der Waals surface area contributed by atoms with Crippen molar-refractivity contribution in [3.63, 3.8) is 0 Å². The first-order valence-corrected chi connectivity index (χ1v) is 8.95. The van der Waals surface area contributed by atoms with E-state index in [-0.39, 0.29) is 12.1 Å². The number of urea groups is 1. The molecule has 1 aromatic carbocycles. The molecule has 2 saturated heterocycles. The SMILES string of the molecule is CCOc1cccc(NC(=O)N2CCN(C[C@H]3COCCO3)CC2)c1. The van der Waals surface area contributed by atoms with E-state index in [2.05, 4.69) is 10.2 Å². The second kappa shape index (κ2) is 9.03. The van der Waals surface area contributed by atoms with Crippen molar-refractivity contribution in [3.05, 3.63) is 24.3 Å². The van der Waals surface area contributed by atoms with Crippen LogP contribution in [0, 0.1) is 0 Å². The van der Waals surface area contributed by atoms with Crippen LogP contribution in [0.3, 0.4) is 0 Å². The van der Waals surface area contributed by atoms with Gasteiger partial charge in [-0.1, -0.05) is 6.07 Å². The number of amides is 2. The monoisotopic (exact) mass is 349 g/mol. The third-order valence-electron chi connectivity index (χ3n) is 4.40. The van der Waals surface area contributed by atoms with Crippen molar-refractivity contribution < 1.29 is 19.0 Å². The maximum atomic E-state index is 12.4. The molecule has 0 bridgehead atoms. The van der Waals surface area contributed by atoms with Crippen LogP contribution in [0.2, 0.25) is 0 Å². The maximum absolute atomic E-state index is 12.4. The Balaban J connectivity index is 1.44. The molecular formula is C18H27N3O4. The zero-order valence-electron chi connectivity index (χ0n) is 14.8. The lowest BCUT2D eigenvalue weighted by Gasteiger charge is -2.37. The molecule has 0 unspecified atom stereocenters. The highest BCUT2D eigenvalue weighted by Gasteiger charge is 2.24. The Morgan fingerprint density at radius 3 is 2.84 bits per heavy atom. The summed E-state index contributed by atoms with van der Waals surface area (Å²) >= 11 is 0. The van der Waals surface area contributed by atoms with Crippen LogP contribution in [0.25, 0.3) is 0 Å². The summed E-state index contributed by atoms with van der Waals surface area (Å²) in [5, 5.41) is 2.95. The number of carbonyl (C=O) groups is 1. The number of hydrogen-bond donors (Lipinski definition) is 1. The number of piperazine rings is 1. The summed E-state index contributed by atoms with van der Waals surface area (Å²) in [6.07, 6.45) is 0.149. The minimum atomic E-state index is -0.0643. The fraction of sp³-hybridized carbons (Fsp3) is 0.611. The first-order valence-electron chi connectivity index (χ1n) is 8.95. The van der Waals surface area contributed by atoms with E-state index in [4.69, 9.17) is 14.2 Å². The van der Waals surface area contributed by atoms with Gasteiger partial charge in [0.1, 0.15) is 5.75 Å². The van der Waals surface area contributed by atoms with Gasteiger partial charge in [0.15, 0.2) is 0 Å². The van der Waals surface area contributed by atoms with Crippen LogP contribution in [0.5, 0.6) is 5.75 Å². The Hall–Kier alpha value is -1.83. The molecule has 2 fully saturated rings. The van der Waals surface area contributed by atoms with E-state index >= 15 is 0 Å². The molecule has 2 aliphatic rings. The summed E-state index contributed by atoms with van der Waals surface area (Å²) in [5.74, 6) is 0.764. The highest BCUT2D eigenvalue weighted by atomic mass is 16.6. The second-order valence-corrected chi connectivity index (χ2v) is 6.25. The van der Waals surface area contributed by atoms with Gasteiger partial charge >= 0.3 is 6.03 Å². The molecule has 0 radical (unpaired) electrons. The minimum Gasteiger partial charge on any atom is -0.494 e. The highest BCUT2D eigenvalue weighted by Crippen LogP contribution is 2.18. The quantitative estimate of drug-likeness (QED) is 0.876. The van der Waals surface area contributed by atoms with Crippen LogP contribution in [-0.2, 0) is 9.47 Å². The summed E-state index contributed by atoms with van der Waals surface area (Å²) in [4.78, 5) is 16.6. The number of nitrogens with one attached hydrogen (secondary N) is 1. The highest BCUT2D eigenvalue weighted by molar-refractivity contribution is 5.89. The molecule has 0 spiro atoms. The molecule has 25 heavy (non-hydrogen) atoms. The first kappa shape index (κ1) is 18.0. The third kappa shape index (κ3) is 5.32. The molecular weight excluding hydrogens is 322 g/mol. The fourth-order valence-electron chi connectivity index (χ4n) is 3.10. The standard InChI is InChI=1S/C18H27N3O4/c1-2-24-16-5-3-4-15(12-16)19-18(22)21-8-6-20(7-9-21)13-17-14-23-10-11-25-17/h3-5,12,17H,2,6-11,13-14H2,1H3,(H,19,22)/t17-/m0/s1. The van der Waals surface area contributed by atoms with Crippen molar-refractivity contribution in [2.75, 3.05) is 64.5 Å². The van der Waals surface area contributed by atoms with Crippen molar-refractivity contribution in [1.82, 2.24) is 9.80 Å². The van der Waals surface area contributed by atoms with Gasteiger partial charge in [0.05, 0.1) is 32.5 Å². The van der Waals surface area contributed by atoms with E-state index in [1.54, 1.807) is 0 Å². The Morgan fingerprint density at radius 1 is 1.28 bits per heavy atom. The summed E-state index contributed by atoms with van der Waals surface area (Å²) in [7, 11) is 0. The summed E-state index contributed by atoms with van der Waals surface area (Å²) < 4.78 is 16.6. The predicted molar refractivity (Wildman–Crippen MR) is 95.2 cm³/mol. The molecule has 3 rings (SSSR count). The summed E-state index contributed by atoms with van der Waals surface area (Å²) in [6, 6.07) is 7.42. The minimum absolute atomic E-state index is 0.0643. The van der Waals surface area contributed by atoms with Crippen LogP contribution in [0.4, 0.5) is 10.5 Å². The molecule has 2 heterocycles. The molecule has 138 valence electrons. The molecule has 1 N–H and O–H groups in total. The molecule has 0 aromatic heterocycles. The van der Waals surface area contributed by atoms with Crippen molar-refractivity contribution in [1.29, 1.82) is 0 Å². The molecule has 1 atom stereocenters. The van der Waals surface area contributed by atoms with E-state index in [9.17, 15) is 4.79 Å². The van der Waals surface area contributed by atoms with Crippen molar-refractivity contribution in [3.8, 4) is 5.75 Å². The van der Waals surface area contributed by atoms with Gasteiger partial charge in [-0.3, -0.25) is 4.90 Å². The van der Waals surface area contributed by atoms with Crippen molar-refractivity contribution in [2.24, 2.45) is 0 Å². The summed E-state index contributed by atoms with van der Waals surface area (Å²) in [6.45, 7) is 8.57. The number of ether oxygens (including phenoxy) is 3. The van der Waals surface area contributed by atoms with Crippen LogP contribution in [-0.4, -0.2) is 81.1 Å². The lowest BCUT2D eigenvalue weighted by Crippen LogP contribution is -2.52. The van der Waals surface area contributed by atoms with Gasteiger partial charge in [0.25, 0.3) is 0 Å². The zero-order valence-corrected chi connectivity index (χ0v) is 14.8. The van der Waals surface area contributed by atoms with E-state index in [0.717, 1.165) is 31.1 Å². The van der Waals surface area contributed by atoms with Crippen LogP contribution < -0.4 is 10.1 Å². The molecule has 2 aliphatic heterocycles. The smallest absolute Gasteiger partial charge is 0.321 e. The van der Waals surface area contributed by atoms with Gasteiger partial charge < -0.3 is 24.4 Å².